The monoisotopic (exact) mass is 265 g/mol. The number of rotatable bonds is 5. The highest BCUT2D eigenvalue weighted by molar-refractivity contribution is 5.82. The molecule has 1 aromatic heterocycles. The van der Waals surface area contributed by atoms with E-state index in [0.29, 0.717) is 6.04 Å². The third-order valence-corrected chi connectivity index (χ3v) is 3.49. The Kier molecular flexibility index (Phi) is 3.79. The summed E-state index contributed by atoms with van der Waals surface area (Å²) in [6.45, 7) is 3.95. The van der Waals surface area contributed by atoms with E-state index in [2.05, 4.69) is 59.8 Å². The highest BCUT2D eigenvalue weighted by atomic mass is 15.3. The highest BCUT2D eigenvalue weighted by Crippen LogP contribution is 2.15. The number of benzene rings is 2. The van der Waals surface area contributed by atoms with Crippen molar-refractivity contribution >= 4 is 10.8 Å². The minimum atomic E-state index is 0.390. The second-order valence-electron chi connectivity index (χ2n) is 5.19. The van der Waals surface area contributed by atoms with E-state index in [1.54, 1.807) is 0 Å². The second kappa shape index (κ2) is 5.88. The summed E-state index contributed by atoms with van der Waals surface area (Å²) in [6.07, 6.45) is 3.81. The maximum atomic E-state index is 4.23. The van der Waals surface area contributed by atoms with Crippen LogP contribution in [0.15, 0.2) is 60.9 Å². The first-order chi connectivity index (χ1) is 9.81. The normalized spacial score (nSPS) is 12.7. The van der Waals surface area contributed by atoms with Crippen molar-refractivity contribution in [3.63, 3.8) is 0 Å². The van der Waals surface area contributed by atoms with Crippen LogP contribution in [0.1, 0.15) is 12.5 Å². The van der Waals surface area contributed by atoms with E-state index >= 15 is 0 Å². The molecule has 3 heteroatoms. The van der Waals surface area contributed by atoms with Crippen LogP contribution in [0.4, 0.5) is 0 Å². The summed E-state index contributed by atoms with van der Waals surface area (Å²) in [5, 5.41) is 10.4. The Balaban J connectivity index is 1.61. The fraction of sp³-hybridized carbons (Fsp3) is 0.235. The molecule has 3 aromatic rings. The Morgan fingerprint density at radius 1 is 1.10 bits per heavy atom. The molecule has 0 amide bonds. The van der Waals surface area contributed by atoms with Crippen molar-refractivity contribution in [2.75, 3.05) is 0 Å². The molecule has 0 spiro atoms. The van der Waals surface area contributed by atoms with Gasteiger partial charge in [-0.15, -0.1) is 0 Å². The summed E-state index contributed by atoms with van der Waals surface area (Å²) in [6, 6.07) is 17.4. The van der Waals surface area contributed by atoms with Gasteiger partial charge in [-0.2, -0.15) is 5.10 Å². The molecule has 0 bridgehead atoms. The fourth-order valence-electron chi connectivity index (χ4n) is 2.39. The average Bonchev–Trinajstić information content (AvgIpc) is 2.98. The lowest BCUT2D eigenvalue weighted by molar-refractivity contribution is 0.451. The van der Waals surface area contributed by atoms with Crippen LogP contribution < -0.4 is 5.32 Å². The van der Waals surface area contributed by atoms with Crippen molar-refractivity contribution in [3.05, 3.63) is 66.5 Å². The quantitative estimate of drug-likeness (QED) is 0.767. The topological polar surface area (TPSA) is 29.9 Å². The summed E-state index contributed by atoms with van der Waals surface area (Å²) in [5.74, 6) is 0. The van der Waals surface area contributed by atoms with E-state index < -0.39 is 0 Å². The summed E-state index contributed by atoms with van der Waals surface area (Å²) in [4.78, 5) is 0. The van der Waals surface area contributed by atoms with E-state index in [1.807, 2.05) is 23.1 Å². The van der Waals surface area contributed by atoms with Crippen LogP contribution in [0.2, 0.25) is 0 Å². The lowest BCUT2D eigenvalue weighted by atomic mass is 10.1. The zero-order valence-electron chi connectivity index (χ0n) is 11.7. The maximum Gasteiger partial charge on any atom is 0.0560 e. The molecule has 102 valence electrons. The van der Waals surface area contributed by atoms with Crippen LogP contribution in [0.5, 0.6) is 0 Å². The zero-order chi connectivity index (χ0) is 13.8. The van der Waals surface area contributed by atoms with Gasteiger partial charge in [-0.05, 0) is 35.4 Å². The van der Waals surface area contributed by atoms with E-state index in [-0.39, 0.29) is 0 Å². The Labute approximate surface area is 119 Å². The van der Waals surface area contributed by atoms with Gasteiger partial charge in [0.25, 0.3) is 0 Å². The standard InChI is InChI=1S/C17H19N3/c1-14(13-20-10-4-9-19-20)18-12-15-7-8-16-5-2-3-6-17(16)11-15/h2-11,14,18H,12-13H2,1H3. The average molecular weight is 265 g/mol. The summed E-state index contributed by atoms with van der Waals surface area (Å²) in [7, 11) is 0. The Bertz CT molecular complexity index is 674. The summed E-state index contributed by atoms with van der Waals surface area (Å²) >= 11 is 0. The predicted octanol–water partition coefficient (Wildman–Crippen LogP) is 3.21. The van der Waals surface area contributed by atoms with Crippen molar-refractivity contribution in [2.24, 2.45) is 0 Å². The molecule has 0 aliphatic heterocycles. The number of nitrogens with zero attached hydrogens (tertiary/aromatic N) is 2. The van der Waals surface area contributed by atoms with Gasteiger partial charge in [-0.1, -0.05) is 36.4 Å². The molecule has 3 rings (SSSR count). The first kappa shape index (κ1) is 12.9. The molecule has 20 heavy (non-hydrogen) atoms. The van der Waals surface area contributed by atoms with E-state index in [9.17, 15) is 0 Å². The molecule has 1 atom stereocenters. The molecule has 0 aliphatic carbocycles. The van der Waals surface area contributed by atoms with Gasteiger partial charge in [0.05, 0.1) is 6.54 Å². The number of fused-ring (bicyclic) bond motifs is 1. The van der Waals surface area contributed by atoms with E-state index in [4.69, 9.17) is 0 Å². The highest BCUT2D eigenvalue weighted by Gasteiger charge is 2.03. The van der Waals surface area contributed by atoms with Crippen LogP contribution in [0.3, 0.4) is 0 Å². The van der Waals surface area contributed by atoms with Crippen LogP contribution in [-0.2, 0) is 13.1 Å². The third kappa shape index (κ3) is 3.06. The Morgan fingerprint density at radius 2 is 1.95 bits per heavy atom. The first-order valence-corrected chi connectivity index (χ1v) is 7.00. The molecular formula is C17H19N3. The molecule has 1 unspecified atom stereocenters. The summed E-state index contributed by atoms with van der Waals surface area (Å²) < 4.78 is 1.96. The molecule has 0 fully saturated rings. The van der Waals surface area contributed by atoms with Gasteiger partial charge >= 0.3 is 0 Å². The lowest BCUT2D eigenvalue weighted by Gasteiger charge is -2.14. The van der Waals surface area contributed by atoms with Gasteiger partial charge in [0.1, 0.15) is 0 Å². The summed E-state index contributed by atoms with van der Waals surface area (Å²) in [5.41, 5.74) is 1.32. The number of hydrogen-bond acceptors (Lipinski definition) is 2. The van der Waals surface area contributed by atoms with Crippen molar-refractivity contribution in [1.29, 1.82) is 0 Å². The minimum absolute atomic E-state index is 0.390. The van der Waals surface area contributed by atoms with Crippen LogP contribution in [0, 0.1) is 0 Å². The van der Waals surface area contributed by atoms with Gasteiger partial charge in [0.2, 0.25) is 0 Å². The van der Waals surface area contributed by atoms with E-state index in [0.717, 1.165) is 13.1 Å². The SMILES string of the molecule is CC(Cn1cccn1)NCc1ccc2ccccc2c1. The Hall–Kier alpha value is -2.13. The smallest absolute Gasteiger partial charge is 0.0560 e. The molecular weight excluding hydrogens is 246 g/mol. The van der Waals surface area contributed by atoms with Crippen molar-refractivity contribution in [2.45, 2.75) is 26.1 Å². The minimum Gasteiger partial charge on any atom is -0.308 e. The second-order valence-corrected chi connectivity index (χ2v) is 5.19. The molecule has 0 saturated heterocycles. The number of hydrogen-bond donors (Lipinski definition) is 1. The molecule has 1 N–H and O–H groups in total. The van der Waals surface area contributed by atoms with Gasteiger partial charge in [-0.3, -0.25) is 4.68 Å². The maximum absolute atomic E-state index is 4.23. The molecule has 3 nitrogen and oxygen atoms in total. The van der Waals surface area contributed by atoms with Gasteiger partial charge in [0.15, 0.2) is 0 Å². The van der Waals surface area contributed by atoms with Crippen molar-refractivity contribution in [1.82, 2.24) is 15.1 Å². The molecule has 0 aliphatic rings. The molecule has 0 saturated carbocycles. The third-order valence-electron chi connectivity index (χ3n) is 3.49. The zero-order valence-corrected chi connectivity index (χ0v) is 11.7. The van der Waals surface area contributed by atoms with E-state index in [1.165, 1.54) is 16.3 Å². The Morgan fingerprint density at radius 3 is 2.75 bits per heavy atom. The molecule has 0 radical (unpaired) electrons. The lowest BCUT2D eigenvalue weighted by Crippen LogP contribution is -2.30. The molecule has 2 aromatic carbocycles. The number of nitrogens with one attached hydrogen (secondary N) is 1. The van der Waals surface area contributed by atoms with Crippen molar-refractivity contribution in [3.8, 4) is 0 Å². The van der Waals surface area contributed by atoms with Crippen molar-refractivity contribution < 1.29 is 0 Å². The van der Waals surface area contributed by atoms with Crippen LogP contribution >= 0.6 is 0 Å². The van der Waals surface area contributed by atoms with Gasteiger partial charge < -0.3 is 5.32 Å². The predicted molar refractivity (Wildman–Crippen MR) is 82.5 cm³/mol. The van der Waals surface area contributed by atoms with Gasteiger partial charge in [0, 0.05) is 25.0 Å². The van der Waals surface area contributed by atoms with Crippen LogP contribution in [0.25, 0.3) is 10.8 Å². The van der Waals surface area contributed by atoms with Crippen LogP contribution in [-0.4, -0.2) is 15.8 Å². The fourth-order valence-corrected chi connectivity index (χ4v) is 2.39. The van der Waals surface area contributed by atoms with Gasteiger partial charge in [-0.25, -0.2) is 0 Å². The first-order valence-electron chi connectivity index (χ1n) is 7.00. The number of aromatic nitrogens is 2. The molecule has 1 heterocycles. The largest absolute Gasteiger partial charge is 0.308 e.